The van der Waals surface area contributed by atoms with E-state index in [2.05, 4.69) is 13.0 Å². The molecule has 0 saturated heterocycles. The molecule has 1 aliphatic carbocycles. The van der Waals surface area contributed by atoms with E-state index < -0.39 is 29.0 Å². The predicted molar refractivity (Wildman–Crippen MR) is 86.9 cm³/mol. The van der Waals surface area contributed by atoms with E-state index in [4.69, 9.17) is 4.74 Å². The number of esters is 1. The smallest absolute Gasteiger partial charge is 0.449 e. The summed E-state index contributed by atoms with van der Waals surface area (Å²) in [4.78, 5) is 12.1. The molecule has 132 valence electrons. The fourth-order valence-electron chi connectivity index (χ4n) is 3.26. The minimum atomic E-state index is -1.19. The average molecular weight is 436 g/mol. The Morgan fingerprint density at radius 3 is 2.27 bits per heavy atom. The van der Waals surface area contributed by atoms with Crippen LogP contribution in [0.2, 0.25) is 0 Å². The quantitative estimate of drug-likeness (QED) is 0.365. The first-order valence-corrected chi connectivity index (χ1v) is 8.32. The third-order valence-electron chi connectivity index (χ3n) is 4.70. The van der Waals surface area contributed by atoms with Gasteiger partial charge in [0, 0.05) is 11.6 Å². The van der Waals surface area contributed by atoms with Crippen molar-refractivity contribution in [3.63, 3.8) is 0 Å². The number of ether oxygens (including phenoxy) is 1. The maximum Gasteiger partial charge on any atom is 3.00 e. The molecule has 2 aromatic carbocycles. The Hall–Kier alpha value is -1.20. The summed E-state index contributed by atoms with van der Waals surface area (Å²) in [5.41, 5.74) is -0.194. The molecule has 3 rings (SSSR count). The molecule has 0 amide bonds. The van der Waals surface area contributed by atoms with Crippen molar-refractivity contribution in [1.82, 2.24) is 0 Å². The molecular weight excluding hydrogens is 418 g/mol. The standard InChI is InChI=1S/C20H18F3O2.Y/c1-12-5-7-13(8-6-12)14-9-17(22)19(18(23)10-14)20(24)25-16-4-2-3-15(21)11-16;/h2,4,9-13H,5-8H2,1H3;/q-1;+3. The third-order valence-corrected chi connectivity index (χ3v) is 4.70. The molecule has 0 heterocycles. The number of halogens is 3. The predicted octanol–water partition coefficient (Wildman–Crippen LogP) is 5.41. The Bertz CT molecular complexity index is 763. The van der Waals surface area contributed by atoms with Gasteiger partial charge in [0.1, 0.15) is 17.2 Å². The van der Waals surface area contributed by atoms with Crippen LogP contribution in [0.5, 0.6) is 5.75 Å². The van der Waals surface area contributed by atoms with Gasteiger partial charge < -0.3 is 4.74 Å². The van der Waals surface area contributed by atoms with Crippen LogP contribution >= 0.6 is 0 Å². The molecule has 2 nitrogen and oxygen atoms in total. The second-order valence-corrected chi connectivity index (χ2v) is 6.58. The van der Waals surface area contributed by atoms with Gasteiger partial charge in [-0.3, -0.25) is 0 Å². The first-order valence-electron chi connectivity index (χ1n) is 8.32. The topological polar surface area (TPSA) is 26.3 Å². The minimum Gasteiger partial charge on any atom is -0.449 e. The number of hydrogen-bond acceptors (Lipinski definition) is 2. The largest absolute Gasteiger partial charge is 3.00 e. The zero-order valence-corrected chi connectivity index (χ0v) is 17.2. The summed E-state index contributed by atoms with van der Waals surface area (Å²) in [6.07, 6.45) is 3.80. The molecule has 1 saturated carbocycles. The van der Waals surface area contributed by atoms with Gasteiger partial charge in [-0.15, -0.1) is 12.1 Å². The first-order chi connectivity index (χ1) is 11.9. The molecule has 1 fully saturated rings. The van der Waals surface area contributed by atoms with Crippen molar-refractivity contribution in [3.05, 3.63) is 65.0 Å². The van der Waals surface area contributed by atoms with Crippen LogP contribution in [-0.2, 0) is 32.7 Å². The van der Waals surface area contributed by atoms with E-state index in [9.17, 15) is 18.0 Å². The summed E-state index contributed by atoms with van der Waals surface area (Å²) in [7, 11) is 0. The Balaban J connectivity index is 0.00000243. The number of hydrogen-bond donors (Lipinski definition) is 0. The Morgan fingerprint density at radius 2 is 1.69 bits per heavy atom. The fraction of sp³-hybridized carbons (Fsp3) is 0.350. The van der Waals surface area contributed by atoms with Crippen molar-refractivity contribution < 1.29 is 55.4 Å². The van der Waals surface area contributed by atoms with Gasteiger partial charge in [0.15, 0.2) is 0 Å². The molecule has 0 bridgehead atoms. The van der Waals surface area contributed by atoms with Crippen LogP contribution in [0.3, 0.4) is 0 Å². The molecule has 1 aliphatic rings. The second kappa shape index (κ2) is 9.14. The van der Waals surface area contributed by atoms with E-state index >= 15 is 0 Å². The zero-order chi connectivity index (χ0) is 18.0. The monoisotopic (exact) mass is 436 g/mol. The van der Waals surface area contributed by atoms with Crippen LogP contribution in [-0.4, -0.2) is 5.97 Å². The van der Waals surface area contributed by atoms with Crippen molar-refractivity contribution in [2.45, 2.75) is 38.5 Å². The normalized spacial score (nSPS) is 19.5. The van der Waals surface area contributed by atoms with Gasteiger partial charge in [0.05, 0.1) is 0 Å². The van der Waals surface area contributed by atoms with Crippen molar-refractivity contribution in [1.29, 1.82) is 0 Å². The SMILES string of the molecule is CC1CCC(c2cc(F)c(C(=O)Oc3cc[c-]c(F)c3)c(F)c2)CC1.[Y+3]. The molecule has 0 radical (unpaired) electrons. The van der Waals surface area contributed by atoms with Crippen LogP contribution in [0, 0.1) is 29.4 Å². The van der Waals surface area contributed by atoms with Crippen LogP contribution < -0.4 is 4.74 Å². The van der Waals surface area contributed by atoms with Crippen LogP contribution in [0.1, 0.15) is 54.4 Å². The van der Waals surface area contributed by atoms with Gasteiger partial charge in [-0.25, -0.2) is 18.0 Å². The van der Waals surface area contributed by atoms with E-state index in [-0.39, 0.29) is 44.4 Å². The van der Waals surface area contributed by atoms with Crippen LogP contribution in [0.25, 0.3) is 0 Å². The van der Waals surface area contributed by atoms with E-state index in [1.165, 1.54) is 24.3 Å². The molecule has 0 aromatic heterocycles. The molecule has 26 heavy (non-hydrogen) atoms. The molecule has 0 aliphatic heterocycles. The molecule has 2 aromatic rings. The van der Waals surface area contributed by atoms with Gasteiger partial charge in [-0.05, 0) is 42.4 Å². The molecule has 0 spiro atoms. The van der Waals surface area contributed by atoms with Crippen LogP contribution in [0.15, 0.2) is 30.3 Å². The molecule has 0 unspecified atom stereocenters. The molecule has 0 atom stereocenters. The van der Waals surface area contributed by atoms with Crippen LogP contribution in [0.4, 0.5) is 13.2 Å². The summed E-state index contributed by atoms with van der Waals surface area (Å²) >= 11 is 0. The number of rotatable bonds is 3. The fourth-order valence-corrected chi connectivity index (χ4v) is 3.26. The van der Waals surface area contributed by atoms with Gasteiger partial charge >= 0.3 is 38.7 Å². The summed E-state index contributed by atoms with van der Waals surface area (Å²) < 4.78 is 46.6. The summed E-state index contributed by atoms with van der Waals surface area (Å²) in [5, 5.41) is 0. The molecule has 0 N–H and O–H groups in total. The maximum atomic E-state index is 14.4. The van der Waals surface area contributed by atoms with E-state index in [1.807, 2.05) is 0 Å². The van der Waals surface area contributed by atoms with Crippen molar-refractivity contribution in [3.8, 4) is 5.75 Å². The Morgan fingerprint density at radius 1 is 1.08 bits per heavy atom. The number of carbonyl (C=O) groups is 1. The second-order valence-electron chi connectivity index (χ2n) is 6.58. The van der Waals surface area contributed by atoms with E-state index in [0.29, 0.717) is 11.5 Å². The zero-order valence-electron chi connectivity index (χ0n) is 14.4. The van der Waals surface area contributed by atoms with Gasteiger partial charge in [-0.2, -0.15) is 6.07 Å². The molecule has 6 heteroatoms. The summed E-state index contributed by atoms with van der Waals surface area (Å²) in [6.45, 7) is 2.17. The number of benzene rings is 2. The maximum absolute atomic E-state index is 14.4. The van der Waals surface area contributed by atoms with Crippen molar-refractivity contribution in [2.24, 2.45) is 5.92 Å². The Kier molecular flexibility index (Phi) is 7.42. The first kappa shape index (κ1) is 21.1. The summed E-state index contributed by atoms with van der Waals surface area (Å²) in [6, 6.07) is 8.09. The van der Waals surface area contributed by atoms with Gasteiger partial charge in [0.25, 0.3) is 0 Å². The van der Waals surface area contributed by atoms with E-state index in [1.54, 1.807) is 0 Å². The van der Waals surface area contributed by atoms with Crippen molar-refractivity contribution >= 4 is 5.97 Å². The average Bonchev–Trinajstić information content (AvgIpc) is 2.54. The summed E-state index contributed by atoms with van der Waals surface area (Å²) in [5.74, 6) is -3.24. The third kappa shape index (κ3) is 4.95. The number of carbonyl (C=O) groups excluding carboxylic acids is 1. The van der Waals surface area contributed by atoms with Gasteiger partial charge in [-0.1, -0.05) is 25.8 Å². The minimum absolute atomic E-state index is 0. The van der Waals surface area contributed by atoms with E-state index in [0.717, 1.165) is 31.7 Å². The molecular formula is C20H18F3O2Y+2. The van der Waals surface area contributed by atoms with Crippen molar-refractivity contribution in [2.75, 3.05) is 0 Å². The van der Waals surface area contributed by atoms with Gasteiger partial charge in [0.2, 0.25) is 0 Å². The Labute approximate surface area is 176 Å².